The Bertz CT molecular complexity index is 258. The van der Waals surface area contributed by atoms with Gasteiger partial charge in [-0.1, -0.05) is 0 Å². The zero-order valence-electron chi connectivity index (χ0n) is 10.3. The first-order valence-electron chi connectivity index (χ1n) is 5.12. The molecule has 0 saturated carbocycles. The van der Waals surface area contributed by atoms with E-state index in [4.69, 9.17) is 24.0 Å². The number of rotatable bonds is 9. The van der Waals surface area contributed by atoms with Crippen LogP contribution in [0.2, 0.25) is 0 Å². The molecule has 0 heterocycles. The Kier molecular flexibility index (Phi) is 7.51. The molecule has 0 radical (unpaired) electrons. The fourth-order valence-corrected chi connectivity index (χ4v) is 1.68. The van der Waals surface area contributed by atoms with Crippen molar-refractivity contribution >= 4 is 15.4 Å². The van der Waals surface area contributed by atoms with Gasteiger partial charge < -0.3 is 29.1 Å². The van der Waals surface area contributed by atoms with Gasteiger partial charge in [-0.3, -0.25) is 4.57 Å². The molecule has 0 aromatic heterocycles. The molecule has 9 heteroatoms. The van der Waals surface area contributed by atoms with Crippen LogP contribution in [0.5, 0.6) is 0 Å². The molecule has 0 saturated heterocycles. The minimum atomic E-state index is -3.66. The number of aliphatic hydroxyl groups excluding tert-OH is 2. The highest BCUT2D eigenvalue weighted by atomic mass is 31.2. The van der Waals surface area contributed by atoms with Gasteiger partial charge in [-0.15, -0.1) is 0 Å². The zero-order valence-corrected chi connectivity index (χ0v) is 11.2. The predicted octanol–water partition coefficient (Wildman–Crippen LogP) is -1.84. The minimum absolute atomic E-state index is 0.0200. The summed E-state index contributed by atoms with van der Waals surface area (Å²) < 4.78 is 26.1. The zero-order chi connectivity index (χ0) is 13.5. The van der Waals surface area contributed by atoms with E-state index in [0.717, 1.165) is 6.66 Å². The van der Waals surface area contributed by atoms with Crippen LogP contribution in [-0.4, -0.2) is 74.8 Å². The number of ether oxygens (including phenoxy) is 2. The van der Waals surface area contributed by atoms with Crippen molar-refractivity contribution in [2.45, 2.75) is 11.6 Å². The first-order chi connectivity index (χ1) is 7.78. The molecule has 0 aliphatic carbocycles. The molecule has 0 aromatic carbocycles. The molecular formula is C8H20BO7P. The van der Waals surface area contributed by atoms with Gasteiger partial charge in [0, 0.05) is 19.8 Å². The molecule has 17 heavy (non-hydrogen) atoms. The quantitative estimate of drug-likeness (QED) is 0.334. The van der Waals surface area contributed by atoms with Crippen molar-refractivity contribution in [3.8, 4) is 0 Å². The normalized spacial score (nSPS) is 20.5. The van der Waals surface area contributed by atoms with E-state index in [0.29, 0.717) is 0 Å². The summed E-state index contributed by atoms with van der Waals surface area (Å²) in [5, 5.41) is 18.2. The molecular weight excluding hydrogens is 250 g/mol. The van der Waals surface area contributed by atoms with Crippen molar-refractivity contribution in [3.63, 3.8) is 0 Å². The molecule has 0 aliphatic heterocycles. The van der Waals surface area contributed by atoms with E-state index >= 15 is 0 Å². The first-order valence-corrected chi connectivity index (χ1v) is 7.14. The molecule has 102 valence electrons. The van der Waals surface area contributed by atoms with Crippen molar-refractivity contribution in [1.82, 2.24) is 0 Å². The third-order valence-electron chi connectivity index (χ3n) is 1.97. The van der Waals surface area contributed by atoms with Crippen LogP contribution in [0.1, 0.15) is 0 Å². The second-order valence-electron chi connectivity index (χ2n) is 3.96. The molecule has 0 amide bonds. The van der Waals surface area contributed by atoms with Crippen molar-refractivity contribution in [1.29, 1.82) is 0 Å². The highest BCUT2D eigenvalue weighted by Gasteiger charge is 2.35. The summed E-state index contributed by atoms with van der Waals surface area (Å²) in [6, 6.07) is -0.546. The van der Waals surface area contributed by atoms with Crippen LogP contribution in [0.25, 0.3) is 0 Å². The molecule has 0 bridgehead atoms. The molecule has 0 spiro atoms. The van der Waals surface area contributed by atoms with E-state index in [1.54, 1.807) is 7.85 Å². The van der Waals surface area contributed by atoms with Crippen LogP contribution in [0.15, 0.2) is 0 Å². The Labute approximate surface area is 102 Å². The van der Waals surface area contributed by atoms with Gasteiger partial charge in [0.15, 0.2) is 0 Å². The van der Waals surface area contributed by atoms with Crippen LogP contribution in [0.4, 0.5) is 0 Å². The standard InChI is InChI=1S/C8H20BO7P/c1-14-5-8(4-11,16-7(9)3-10)6-15-17(2,12)13/h7,10-11H,3-6,9H2,1-2H3,(H,12,13)/t7-,8-/m1/s1. The molecule has 3 N–H and O–H groups in total. The fraction of sp³-hybridized carbons (Fsp3) is 1.00. The van der Waals surface area contributed by atoms with E-state index in [-0.39, 0.29) is 19.8 Å². The smallest absolute Gasteiger partial charge is 0.325 e. The Morgan fingerprint density at radius 1 is 1.41 bits per heavy atom. The summed E-state index contributed by atoms with van der Waals surface area (Å²) in [6.45, 7) is 0.0246. The lowest BCUT2D eigenvalue weighted by atomic mass is 9.99. The maximum atomic E-state index is 11.0. The van der Waals surface area contributed by atoms with E-state index in [1.165, 1.54) is 7.11 Å². The maximum Gasteiger partial charge on any atom is 0.325 e. The Balaban J connectivity index is 4.63. The predicted molar refractivity (Wildman–Crippen MR) is 63.9 cm³/mol. The van der Waals surface area contributed by atoms with Crippen LogP contribution >= 0.6 is 7.60 Å². The number of aliphatic hydroxyl groups is 2. The third-order valence-corrected chi connectivity index (χ3v) is 2.58. The summed E-state index contributed by atoms with van der Waals surface area (Å²) in [6.07, 6.45) is 0. The van der Waals surface area contributed by atoms with E-state index in [9.17, 15) is 9.67 Å². The van der Waals surface area contributed by atoms with Gasteiger partial charge in [0.1, 0.15) is 13.4 Å². The van der Waals surface area contributed by atoms with Crippen LogP contribution in [-0.2, 0) is 18.6 Å². The fourth-order valence-electron chi connectivity index (χ4n) is 1.20. The van der Waals surface area contributed by atoms with Crippen molar-refractivity contribution < 1.29 is 33.7 Å². The topological polar surface area (TPSA) is 105 Å². The van der Waals surface area contributed by atoms with Gasteiger partial charge in [-0.2, -0.15) is 0 Å². The van der Waals surface area contributed by atoms with Crippen LogP contribution in [0, 0.1) is 0 Å². The average molecular weight is 270 g/mol. The average Bonchev–Trinajstić information content (AvgIpc) is 2.25. The molecule has 7 nitrogen and oxygen atoms in total. The van der Waals surface area contributed by atoms with Gasteiger partial charge in [0.25, 0.3) is 0 Å². The van der Waals surface area contributed by atoms with Crippen LogP contribution < -0.4 is 0 Å². The Hall–Kier alpha value is 0.0549. The van der Waals surface area contributed by atoms with E-state index in [1.807, 2.05) is 0 Å². The summed E-state index contributed by atoms with van der Waals surface area (Å²) in [5.74, 6) is 0. The molecule has 0 aliphatic rings. The monoisotopic (exact) mass is 270 g/mol. The maximum absolute atomic E-state index is 11.0. The van der Waals surface area contributed by atoms with Gasteiger partial charge in [-0.25, -0.2) is 0 Å². The second kappa shape index (κ2) is 7.48. The lowest BCUT2D eigenvalue weighted by Gasteiger charge is -2.33. The Morgan fingerprint density at radius 3 is 2.35 bits per heavy atom. The minimum Gasteiger partial charge on any atom is -0.394 e. The van der Waals surface area contributed by atoms with E-state index < -0.39 is 25.8 Å². The summed E-state index contributed by atoms with van der Waals surface area (Å²) in [4.78, 5) is 9.04. The van der Waals surface area contributed by atoms with Gasteiger partial charge in [0.2, 0.25) is 0 Å². The molecule has 0 rings (SSSR count). The van der Waals surface area contributed by atoms with Gasteiger partial charge >= 0.3 is 7.60 Å². The van der Waals surface area contributed by atoms with Crippen molar-refractivity contribution in [2.24, 2.45) is 0 Å². The lowest BCUT2D eigenvalue weighted by molar-refractivity contribution is -0.152. The SMILES string of the molecule is B[C@@H](CO)O[C@](CO)(COC)COP(C)(=O)O. The second-order valence-corrected chi connectivity index (χ2v) is 5.83. The summed E-state index contributed by atoms with van der Waals surface area (Å²) in [5.41, 5.74) is -1.26. The number of hydrogen-bond acceptors (Lipinski definition) is 6. The Morgan fingerprint density at radius 2 is 2.00 bits per heavy atom. The largest absolute Gasteiger partial charge is 0.394 e. The van der Waals surface area contributed by atoms with Crippen molar-refractivity contribution in [2.75, 3.05) is 40.2 Å². The van der Waals surface area contributed by atoms with Crippen LogP contribution in [0.3, 0.4) is 0 Å². The highest BCUT2D eigenvalue weighted by molar-refractivity contribution is 7.51. The van der Waals surface area contributed by atoms with Gasteiger partial charge in [-0.05, 0) is 0 Å². The lowest BCUT2D eigenvalue weighted by Crippen LogP contribution is -2.49. The molecule has 1 unspecified atom stereocenters. The molecule has 0 fully saturated rings. The van der Waals surface area contributed by atoms with Crippen molar-refractivity contribution in [3.05, 3.63) is 0 Å². The molecule has 3 atom stereocenters. The summed E-state index contributed by atoms with van der Waals surface area (Å²) >= 11 is 0. The third kappa shape index (κ3) is 7.15. The first kappa shape index (κ1) is 17.1. The van der Waals surface area contributed by atoms with E-state index in [2.05, 4.69) is 0 Å². The number of hydrogen-bond donors (Lipinski definition) is 3. The van der Waals surface area contributed by atoms with Gasteiger partial charge in [0.05, 0.1) is 26.4 Å². The number of methoxy groups -OCH3 is 1. The highest BCUT2D eigenvalue weighted by Crippen LogP contribution is 2.38. The molecule has 0 aromatic rings. The summed E-state index contributed by atoms with van der Waals surface area (Å²) in [7, 11) is -0.654.